The second-order valence-electron chi connectivity index (χ2n) is 4.95. The first kappa shape index (κ1) is 14.3. The minimum atomic E-state index is -1.08. The maximum atomic E-state index is 11.9. The molecule has 19 heavy (non-hydrogen) atoms. The molecule has 1 heterocycles. The lowest BCUT2D eigenvalue weighted by molar-refractivity contribution is -0.151. The lowest BCUT2D eigenvalue weighted by Crippen LogP contribution is -2.51. The van der Waals surface area contributed by atoms with Gasteiger partial charge in [-0.3, -0.25) is 4.90 Å². The van der Waals surface area contributed by atoms with Crippen LogP contribution < -0.4 is 5.32 Å². The lowest BCUT2D eigenvalue weighted by Gasteiger charge is -2.38. The summed E-state index contributed by atoms with van der Waals surface area (Å²) in [5.41, 5.74) is -0.421. The van der Waals surface area contributed by atoms with Crippen LogP contribution in [0.3, 0.4) is 0 Å². The van der Waals surface area contributed by atoms with E-state index >= 15 is 0 Å². The predicted octanol–water partition coefficient (Wildman–Crippen LogP) is 1.94. The highest BCUT2D eigenvalue weighted by Gasteiger charge is 2.42. The van der Waals surface area contributed by atoms with Crippen molar-refractivity contribution >= 4 is 17.6 Å². The van der Waals surface area contributed by atoms with Gasteiger partial charge in [-0.25, -0.2) is 4.79 Å². The fourth-order valence-electron chi connectivity index (χ4n) is 2.57. The third-order valence-electron chi connectivity index (χ3n) is 3.79. The number of carbonyl (C=O) groups is 1. The Kier molecular flexibility index (Phi) is 4.45. The average molecular weight is 283 g/mol. The van der Waals surface area contributed by atoms with E-state index in [-0.39, 0.29) is 0 Å². The molecule has 104 valence electrons. The first-order valence-electron chi connectivity index (χ1n) is 6.51. The maximum absolute atomic E-state index is 11.9. The van der Waals surface area contributed by atoms with Crippen LogP contribution in [0.5, 0.6) is 0 Å². The third kappa shape index (κ3) is 2.76. The Morgan fingerprint density at radius 2 is 2.11 bits per heavy atom. The van der Waals surface area contributed by atoms with Crippen LogP contribution >= 0.6 is 11.6 Å². The zero-order valence-corrected chi connectivity index (χ0v) is 11.8. The van der Waals surface area contributed by atoms with Gasteiger partial charge in [-0.1, -0.05) is 29.8 Å². The Balaban J connectivity index is 2.42. The molecule has 0 radical (unpaired) electrons. The van der Waals surface area contributed by atoms with Crippen molar-refractivity contribution in [3.05, 3.63) is 34.9 Å². The number of benzene rings is 1. The number of hydrogen-bond acceptors (Lipinski definition) is 3. The molecule has 4 nitrogen and oxygen atoms in total. The molecule has 0 spiro atoms. The molecular weight excluding hydrogens is 264 g/mol. The standard InChI is InChI=1S/C14H19ClN2O2/c1-14(13(18)19,11-5-2-3-6-12(11)15)17-9-4-7-16-8-10-17/h2-3,5-6,16H,4,7-10H2,1H3,(H,18,19). The second kappa shape index (κ2) is 5.90. The van der Waals surface area contributed by atoms with Crippen LogP contribution in [-0.4, -0.2) is 42.2 Å². The van der Waals surface area contributed by atoms with E-state index in [1.54, 1.807) is 19.1 Å². The summed E-state index contributed by atoms with van der Waals surface area (Å²) in [4.78, 5) is 13.9. The smallest absolute Gasteiger partial charge is 0.328 e. The fourth-order valence-corrected chi connectivity index (χ4v) is 2.89. The molecule has 1 fully saturated rings. The molecule has 0 aliphatic carbocycles. The third-order valence-corrected chi connectivity index (χ3v) is 4.12. The van der Waals surface area contributed by atoms with Gasteiger partial charge >= 0.3 is 5.97 Å². The van der Waals surface area contributed by atoms with Crippen LogP contribution in [0.1, 0.15) is 18.9 Å². The van der Waals surface area contributed by atoms with Crippen molar-refractivity contribution in [2.24, 2.45) is 0 Å². The van der Waals surface area contributed by atoms with E-state index in [1.807, 2.05) is 17.0 Å². The Bertz CT molecular complexity index is 459. The summed E-state index contributed by atoms with van der Waals surface area (Å²) in [7, 11) is 0. The van der Waals surface area contributed by atoms with Crippen molar-refractivity contribution in [2.75, 3.05) is 26.2 Å². The van der Waals surface area contributed by atoms with Gasteiger partial charge < -0.3 is 10.4 Å². The van der Waals surface area contributed by atoms with Crippen molar-refractivity contribution in [2.45, 2.75) is 18.9 Å². The quantitative estimate of drug-likeness (QED) is 0.890. The summed E-state index contributed by atoms with van der Waals surface area (Å²) in [5, 5.41) is 13.5. The minimum Gasteiger partial charge on any atom is -0.480 e. The lowest BCUT2D eigenvalue weighted by atomic mass is 9.89. The van der Waals surface area contributed by atoms with Crippen molar-refractivity contribution in [3.63, 3.8) is 0 Å². The number of carboxylic acids is 1. The van der Waals surface area contributed by atoms with E-state index in [0.717, 1.165) is 26.1 Å². The van der Waals surface area contributed by atoms with E-state index in [2.05, 4.69) is 5.32 Å². The number of carboxylic acid groups (broad SMARTS) is 1. The number of aliphatic carboxylic acids is 1. The molecule has 1 unspecified atom stereocenters. The molecule has 1 saturated heterocycles. The van der Waals surface area contributed by atoms with Crippen LogP contribution in [0.2, 0.25) is 5.02 Å². The monoisotopic (exact) mass is 282 g/mol. The molecule has 0 saturated carbocycles. The number of rotatable bonds is 3. The van der Waals surface area contributed by atoms with Crippen molar-refractivity contribution in [1.82, 2.24) is 10.2 Å². The molecule has 1 aliphatic heterocycles. The highest BCUT2D eigenvalue weighted by atomic mass is 35.5. The zero-order chi connectivity index (χ0) is 13.9. The molecule has 1 aromatic carbocycles. The van der Waals surface area contributed by atoms with Crippen LogP contribution in [0.4, 0.5) is 0 Å². The Hall–Kier alpha value is -1.10. The number of halogens is 1. The second-order valence-corrected chi connectivity index (χ2v) is 5.36. The molecule has 5 heteroatoms. The summed E-state index contributed by atoms with van der Waals surface area (Å²) < 4.78 is 0. The first-order chi connectivity index (χ1) is 9.06. The Morgan fingerprint density at radius 1 is 1.37 bits per heavy atom. The van der Waals surface area contributed by atoms with E-state index in [4.69, 9.17) is 11.6 Å². The summed E-state index contributed by atoms with van der Waals surface area (Å²) in [6.45, 7) is 4.92. The van der Waals surface area contributed by atoms with E-state index in [1.165, 1.54) is 0 Å². The van der Waals surface area contributed by atoms with Crippen LogP contribution in [-0.2, 0) is 10.3 Å². The normalized spacial score (nSPS) is 20.5. The van der Waals surface area contributed by atoms with Gasteiger partial charge in [0.25, 0.3) is 0 Å². The molecule has 1 aromatic rings. The summed E-state index contributed by atoms with van der Waals surface area (Å²) >= 11 is 6.21. The molecule has 0 aromatic heterocycles. The number of nitrogens with zero attached hydrogens (tertiary/aromatic N) is 1. The Morgan fingerprint density at radius 3 is 2.79 bits per heavy atom. The van der Waals surface area contributed by atoms with E-state index < -0.39 is 11.5 Å². The number of hydrogen-bond donors (Lipinski definition) is 2. The molecule has 1 atom stereocenters. The van der Waals surface area contributed by atoms with Gasteiger partial charge in [0.15, 0.2) is 0 Å². The van der Waals surface area contributed by atoms with Gasteiger partial charge in [0.2, 0.25) is 0 Å². The van der Waals surface area contributed by atoms with Crippen molar-refractivity contribution < 1.29 is 9.90 Å². The molecule has 1 aliphatic rings. The van der Waals surface area contributed by atoms with Gasteiger partial charge in [-0.15, -0.1) is 0 Å². The molecular formula is C14H19ClN2O2. The molecule has 0 amide bonds. The topological polar surface area (TPSA) is 52.6 Å². The van der Waals surface area contributed by atoms with E-state index in [9.17, 15) is 9.90 Å². The van der Waals surface area contributed by atoms with Gasteiger partial charge in [-0.2, -0.15) is 0 Å². The molecule has 2 N–H and O–H groups in total. The first-order valence-corrected chi connectivity index (χ1v) is 6.89. The maximum Gasteiger partial charge on any atom is 0.328 e. The van der Waals surface area contributed by atoms with Gasteiger partial charge in [0.1, 0.15) is 5.54 Å². The summed E-state index contributed by atoms with van der Waals surface area (Å²) in [6.07, 6.45) is 0.938. The van der Waals surface area contributed by atoms with Crippen LogP contribution in [0.25, 0.3) is 0 Å². The van der Waals surface area contributed by atoms with Crippen LogP contribution in [0.15, 0.2) is 24.3 Å². The van der Waals surface area contributed by atoms with Crippen molar-refractivity contribution in [3.8, 4) is 0 Å². The summed E-state index contributed by atoms with van der Waals surface area (Å²) in [6, 6.07) is 7.19. The fraction of sp³-hybridized carbons (Fsp3) is 0.500. The SMILES string of the molecule is CC(C(=O)O)(c1ccccc1Cl)N1CCCNCC1. The Labute approximate surface area is 118 Å². The van der Waals surface area contributed by atoms with Gasteiger partial charge in [-0.05, 0) is 26.0 Å². The number of nitrogens with one attached hydrogen (secondary N) is 1. The average Bonchev–Trinajstić information content (AvgIpc) is 2.67. The van der Waals surface area contributed by atoms with Gasteiger partial charge in [0, 0.05) is 30.2 Å². The minimum absolute atomic E-state index is 0.504. The highest BCUT2D eigenvalue weighted by Crippen LogP contribution is 2.34. The van der Waals surface area contributed by atoms with Crippen LogP contribution in [0, 0.1) is 0 Å². The highest BCUT2D eigenvalue weighted by molar-refractivity contribution is 6.31. The van der Waals surface area contributed by atoms with Gasteiger partial charge in [0.05, 0.1) is 0 Å². The molecule has 0 bridgehead atoms. The molecule has 2 rings (SSSR count). The van der Waals surface area contributed by atoms with E-state index in [0.29, 0.717) is 17.1 Å². The largest absolute Gasteiger partial charge is 0.480 e. The summed E-state index contributed by atoms with van der Waals surface area (Å²) in [5.74, 6) is -0.859. The van der Waals surface area contributed by atoms with Crippen molar-refractivity contribution in [1.29, 1.82) is 0 Å². The predicted molar refractivity (Wildman–Crippen MR) is 75.5 cm³/mol. The zero-order valence-electron chi connectivity index (χ0n) is 11.0.